The summed E-state index contributed by atoms with van der Waals surface area (Å²) >= 11 is 0. The summed E-state index contributed by atoms with van der Waals surface area (Å²) in [5.41, 5.74) is 1.40. The summed E-state index contributed by atoms with van der Waals surface area (Å²) in [4.78, 5) is 2.00. The lowest BCUT2D eigenvalue weighted by atomic mass is 9.84. The molecule has 1 aliphatic carbocycles. The van der Waals surface area contributed by atoms with E-state index in [1.54, 1.807) is 12.1 Å². The van der Waals surface area contributed by atoms with Crippen LogP contribution in [-0.4, -0.2) is 31.1 Å². The highest BCUT2D eigenvalue weighted by Crippen LogP contribution is 2.32. The van der Waals surface area contributed by atoms with E-state index in [0.29, 0.717) is 5.75 Å². The molecule has 0 bridgehead atoms. The molecule has 1 N–H and O–H groups in total. The van der Waals surface area contributed by atoms with Crippen LogP contribution in [0.2, 0.25) is 0 Å². The van der Waals surface area contributed by atoms with Crippen LogP contribution in [0.15, 0.2) is 24.3 Å². The van der Waals surface area contributed by atoms with Gasteiger partial charge in [0.15, 0.2) is 0 Å². The zero-order valence-corrected chi connectivity index (χ0v) is 11.3. The first kappa shape index (κ1) is 14.0. The molecule has 0 heterocycles. The maximum Gasteiger partial charge on any atom is 0.115 e. The zero-order chi connectivity index (χ0) is 12.7. The summed E-state index contributed by atoms with van der Waals surface area (Å²) in [6, 6.07) is 7.71. The fourth-order valence-corrected chi connectivity index (χ4v) is 2.18. The number of aromatic hydroxyl groups is 1. The summed E-state index contributed by atoms with van der Waals surface area (Å²) in [5.74, 6) is 1.12. The maximum absolute atomic E-state index is 9.16. The molecule has 0 spiro atoms. The van der Waals surface area contributed by atoms with Crippen molar-refractivity contribution in [1.29, 1.82) is 0 Å². The molecule has 2 rings (SSSR count). The minimum absolute atomic E-state index is 0.375. The molecule has 1 aliphatic rings. The molecule has 1 saturated carbocycles. The van der Waals surface area contributed by atoms with Gasteiger partial charge in [-0.25, -0.2) is 0 Å². The zero-order valence-electron chi connectivity index (χ0n) is 11.3. The highest BCUT2D eigenvalue weighted by Gasteiger charge is 2.14. The summed E-state index contributed by atoms with van der Waals surface area (Å²) in [6.45, 7) is 0. The first-order chi connectivity index (χ1) is 8.09. The summed E-state index contributed by atoms with van der Waals surface area (Å²) in [6.07, 6.45) is 6.78. The lowest BCUT2D eigenvalue weighted by molar-refractivity contribution is 0.442. The minimum Gasteiger partial charge on any atom is -0.508 e. The molecule has 2 heteroatoms. The fraction of sp³-hybridized carbons (Fsp3) is 0.600. The lowest BCUT2D eigenvalue weighted by Gasteiger charge is -2.21. The molecule has 0 aromatic heterocycles. The van der Waals surface area contributed by atoms with Crippen molar-refractivity contribution in [1.82, 2.24) is 4.90 Å². The standard InChI is InChI=1S/C12H16O.C3H9N/c13-12-8-6-11(7-9-12)10-4-2-1-3-5-10;1-4(2)3/h6-10,13H,1-5H2;1-3H3. The van der Waals surface area contributed by atoms with Crippen LogP contribution in [-0.2, 0) is 0 Å². The topological polar surface area (TPSA) is 23.5 Å². The van der Waals surface area contributed by atoms with Gasteiger partial charge < -0.3 is 10.0 Å². The Morgan fingerprint density at radius 1 is 0.941 bits per heavy atom. The number of hydrogen-bond acceptors (Lipinski definition) is 2. The van der Waals surface area contributed by atoms with Gasteiger partial charge >= 0.3 is 0 Å². The molecular formula is C15H25NO. The Morgan fingerprint density at radius 3 is 1.88 bits per heavy atom. The molecule has 1 fully saturated rings. The molecule has 0 atom stereocenters. The Bertz CT molecular complexity index is 296. The Balaban J connectivity index is 0.000000317. The molecule has 0 radical (unpaired) electrons. The summed E-state index contributed by atoms with van der Waals surface area (Å²) < 4.78 is 0. The van der Waals surface area contributed by atoms with Crippen LogP contribution in [0, 0.1) is 0 Å². The second kappa shape index (κ2) is 7.33. The second-order valence-electron chi connectivity index (χ2n) is 5.27. The van der Waals surface area contributed by atoms with Crippen LogP contribution >= 0.6 is 0 Å². The van der Waals surface area contributed by atoms with Gasteiger partial charge in [0.1, 0.15) is 5.75 Å². The number of phenols is 1. The smallest absolute Gasteiger partial charge is 0.115 e. The SMILES string of the molecule is CN(C)C.Oc1ccc(C2CCCCC2)cc1. The van der Waals surface area contributed by atoms with E-state index < -0.39 is 0 Å². The van der Waals surface area contributed by atoms with Crippen molar-refractivity contribution in [2.24, 2.45) is 0 Å². The van der Waals surface area contributed by atoms with Crippen molar-refractivity contribution in [3.05, 3.63) is 29.8 Å². The van der Waals surface area contributed by atoms with E-state index in [1.807, 2.05) is 26.0 Å². The molecule has 1 aromatic rings. The largest absolute Gasteiger partial charge is 0.508 e. The van der Waals surface area contributed by atoms with E-state index in [1.165, 1.54) is 37.7 Å². The Kier molecular flexibility index (Phi) is 6.06. The van der Waals surface area contributed by atoms with E-state index in [4.69, 9.17) is 5.11 Å². The Hall–Kier alpha value is -1.02. The van der Waals surface area contributed by atoms with Gasteiger partial charge in [0.25, 0.3) is 0 Å². The van der Waals surface area contributed by atoms with Crippen molar-refractivity contribution in [3.63, 3.8) is 0 Å². The van der Waals surface area contributed by atoms with Crippen molar-refractivity contribution >= 4 is 0 Å². The molecule has 0 saturated heterocycles. The first-order valence-corrected chi connectivity index (χ1v) is 6.49. The number of rotatable bonds is 1. The lowest BCUT2D eigenvalue weighted by Crippen LogP contribution is -2.03. The van der Waals surface area contributed by atoms with E-state index in [2.05, 4.69) is 12.1 Å². The van der Waals surface area contributed by atoms with Gasteiger partial charge in [-0.05, 0) is 57.6 Å². The predicted octanol–water partition coefficient (Wildman–Crippen LogP) is 3.62. The van der Waals surface area contributed by atoms with E-state index in [-0.39, 0.29) is 0 Å². The highest BCUT2D eigenvalue weighted by molar-refractivity contribution is 5.28. The van der Waals surface area contributed by atoms with Crippen LogP contribution in [0.4, 0.5) is 0 Å². The normalized spacial score (nSPS) is 16.5. The van der Waals surface area contributed by atoms with Gasteiger partial charge in [-0.3, -0.25) is 0 Å². The van der Waals surface area contributed by atoms with Crippen LogP contribution in [0.25, 0.3) is 0 Å². The van der Waals surface area contributed by atoms with Gasteiger partial charge in [-0.2, -0.15) is 0 Å². The fourth-order valence-electron chi connectivity index (χ4n) is 2.18. The molecule has 0 aliphatic heterocycles. The average Bonchev–Trinajstić information content (AvgIpc) is 2.30. The van der Waals surface area contributed by atoms with Gasteiger partial charge in [-0.1, -0.05) is 31.4 Å². The van der Waals surface area contributed by atoms with Crippen molar-refractivity contribution in [2.75, 3.05) is 21.1 Å². The molecule has 17 heavy (non-hydrogen) atoms. The van der Waals surface area contributed by atoms with Crippen LogP contribution in [0.1, 0.15) is 43.6 Å². The van der Waals surface area contributed by atoms with Gasteiger partial charge in [-0.15, -0.1) is 0 Å². The maximum atomic E-state index is 9.16. The third kappa shape index (κ3) is 5.73. The third-order valence-electron chi connectivity index (χ3n) is 2.97. The Labute approximate surface area is 105 Å². The quantitative estimate of drug-likeness (QED) is 0.803. The number of benzene rings is 1. The molecule has 2 nitrogen and oxygen atoms in total. The third-order valence-corrected chi connectivity index (χ3v) is 2.97. The van der Waals surface area contributed by atoms with E-state index >= 15 is 0 Å². The summed E-state index contributed by atoms with van der Waals surface area (Å²) in [7, 11) is 6.00. The van der Waals surface area contributed by atoms with Gasteiger partial charge in [0, 0.05) is 0 Å². The van der Waals surface area contributed by atoms with Crippen LogP contribution in [0.3, 0.4) is 0 Å². The van der Waals surface area contributed by atoms with Gasteiger partial charge in [0.05, 0.1) is 0 Å². The number of phenolic OH excluding ortho intramolecular Hbond substituents is 1. The Morgan fingerprint density at radius 2 is 1.41 bits per heavy atom. The minimum atomic E-state index is 0.375. The van der Waals surface area contributed by atoms with E-state index in [9.17, 15) is 0 Å². The second-order valence-corrected chi connectivity index (χ2v) is 5.27. The highest BCUT2D eigenvalue weighted by atomic mass is 16.3. The van der Waals surface area contributed by atoms with Crippen molar-refractivity contribution < 1.29 is 5.11 Å². The number of nitrogens with zero attached hydrogens (tertiary/aromatic N) is 1. The van der Waals surface area contributed by atoms with Crippen LogP contribution in [0.5, 0.6) is 5.75 Å². The number of hydrogen-bond donors (Lipinski definition) is 1. The molecule has 0 unspecified atom stereocenters. The monoisotopic (exact) mass is 235 g/mol. The van der Waals surface area contributed by atoms with Crippen molar-refractivity contribution in [3.8, 4) is 5.75 Å². The first-order valence-electron chi connectivity index (χ1n) is 6.49. The molecule has 96 valence electrons. The average molecular weight is 235 g/mol. The molecular weight excluding hydrogens is 210 g/mol. The van der Waals surface area contributed by atoms with Gasteiger partial charge in [0.2, 0.25) is 0 Å². The van der Waals surface area contributed by atoms with Crippen molar-refractivity contribution in [2.45, 2.75) is 38.0 Å². The summed E-state index contributed by atoms with van der Waals surface area (Å²) in [5, 5.41) is 9.16. The predicted molar refractivity (Wildman–Crippen MR) is 73.5 cm³/mol. The molecule has 1 aromatic carbocycles. The molecule has 0 amide bonds. The van der Waals surface area contributed by atoms with Crippen LogP contribution < -0.4 is 0 Å². The van der Waals surface area contributed by atoms with E-state index in [0.717, 1.165) is 5.92 Å².